The van der Waals surface area contributed by atoms with Gasteiger partial charge in [0.2, 0.25) is 10.0 Å². The molecule has 26 heavy (non-hydrogen) atoms. The summed E-state index contributed by atoms with van der Waals surface area (Å²) < 4.78 is 38.4. The van der Waals surface area contributed by atoms with Gasteiger partial charge in [-0.1, -0.05) is 18.2 Å². The first-order valence-corrected chi connectivity index (χ1v) is 10.4. The Bertz CT molecular complexity index is 954. The first kappa shape index (κ1) is 18.6. The number of benzene rings is 2. The van der Waals surface area contributed by atoms with E-state index < -0.39 is 10.0 Å². The predicted molar refractivity (Wildman–Crippen MR) is 99.8 cm³/mol. The summed E-state index contributed by atoms with van der Waals surface area (Å²) in [6.07, 6.45) is 0. The van der Waals surface area contributed by atoms with Crippen LogP contribution >= 0.6 is 11.8 Å². The van der Waals surface area contributed by atoms with E-state index in [0.29, 0.717) is 23.8 Å². The molecule has 0 amide bonds. The Morgan fingerprint density at radius 1 is 1.15 bits per heavy atom. The highest BCUT2D eigenvalue weighted by molar-refractivity contribution is 8.01. The fourth-order valence-electron chi connectivity index (χ4n) is 2.88. The molecule has 1 saturated heterocycles. The van der Waals surface area contributed by atoms with Crippen molar-refractivity contribution in [1.29, 1.82) is 5.26 Å². The van der Waals surface area contributed by atoms with Crippen LogP contribution in [0.1, 0.15) is 16.5 Å². The van der Waals surface area contributed by atoms with Gasteiger partial charge in [-0.2, -0.15) is 9.57 Å². The SMILES string of the molecule is COc1ccc(C2SCCN2S(=O)(=O)c2ccccc2C#N)cc1OC. The normalized spacial score (nSPS) is 17.7. The molecule has 1 aliphatic rings. The molecule has 1 atom stereocenters. The Labute approximate surface area is 157 Å². The summed E-state index contributed by atoms with van der Waals surface area (Å²) in [6.45, 7) is 0.381. The van der Waals surface area contributed by atoms with Gasteiger partial charge in [0.25, 0.3) is 0 Å². The maximum atomic E-state index is 13.2. The molecule has 2 aromatic carbocycles. The molecular formula is C18H18N2O4S2. The van der Waals surface area contributed by atoms with Crippen molar-refractivity contribution in [2.24, 2.45) is 0 Å². The lowest BCUT2D eigenvalue weighted by Crippen LogP contribution is -2.31. The minimum Gasteiger partial charge on any atom is -0.493 e. The van der Waals surface area contributed by atoms with E-state index in [1.807, 2.05) is 12.1 Å². The number of sulfonamides is 1. The number of methoxy groups -OCH3 is 2. The number of thioether (sulfide) groups is 1. The van der Waals surface area contributed by atoms with Gasteiger partial charge in [0.15, 0.2) is 11.5 Å². The molecule has 0 aromatic heterocycles. The number of rotatable bonds is 5. The van der Waals surface area contributed by atoms with Crippen molar-refractivity contribution in [2.45, 2.75) is 10.3 Å². The van der Waals surface area contributed by atoms with Gasteiger partial charge in [-0.15, -0.1) is 11.8 Å². The fourth-order valence-corrected chi connectivity index (χ4v) is 6.25. The number of hydrogen-bond donors (Lipinski definition) is 0. The number of nitriles is 1. The van der Waals surface area contributed by atoms with Gasteiger partial charge in [-0.25, -0.2) is 8.42 Å². The van der Waals surface area contributed by atoms with E-state index in [1.54, 1.807) is 38.5 Å². The summed E-state index contributed by atoms with van der Waals surface area (Å²) in [4.78, 5) is 0.0375. The molecule has 0 saturated carbocycles. The molecule has 6 nitrogen and oxygen atoms in total. The summed E-state index contributed by atoms with van der Waals surface area (Å²) in [7, 11) is -0.700. The van der Waals surface area contributed by atoms with E-state index in [-0.39, 0.29) is 15.8 Å². The van der Waals surface area contributed by atoms with Crippen LogP contribution in [0, 0.1) is 11.3 Å². The number of ether oxygens (including phenoxy) is 2. The second-order valence-corrected chi connectivity index (χ2v) is 8.61. The van der Waals surface area contributed by atoms with Crippen molar-refractivity contribution in [3.05, 3.63) is 53.6 Å². The molecule has 1 unspecified atom stereocenters. The first-order chi connectivity index (χ1) is 12.5. The van der Waals surface area contributed by atoms with Gasteiger partial charge in [0.05, 0.1) is 30.1 Å². The van der Waals surface area contributed by atoms with Crippen LogP contribution in [0.3, 0.4) is 0 Å². The van der Waals surface area contributed by atoms with Crippen LogP contribution in [0.25, 0.3) is 0 Å². The van der Waals surface area contributed by atoms with Gasteiger partial charge in [0.1, 0.15) is 6.07 Å². The van der Waals surface area contributed by atoms with Crippen LogP contribution in [-0.2, 0) is 10.0 Å². The summed E-state index contributed by atoms with van der Waals surface area (Å²) >= 11 is 1.54. The van der Waals surface area contributed by atoms with Gasteiger partial charge >= 0.3 is 0 Å². The third kappa shape index (κ3) is 3.26. The van der Waals surface area contributed by atoms with Crippen molar-refractivity contribution >= 4 is 21.8 Å². The van der Waals surface area contributed by atoms with E-state index in [9.17, 15) is 13.7 Å². The Hall–Kier alpha value is -2.21. The highest BCUT2D eigenvalue weighted by atomic mass is 32.2. The Kier molecular flexibility index (Phi) is 5.41. The predicted octanol–water partition coefficient (Wildman–Crippen LogP) is 3.01. The minimum atomic E-state index is -3.80. The zero-order valence-corrected chi connectivity index (χ0v) is 16.0. The summed E-state index contributed by atoms with van der Waals surface area (Å²) in [5.74, 6) is 1.81. The molecule has 0 bridgehead atoms. The van der Waals surface area contributed by atoms with E-state index in [4.69, 9.17) is 9.47 Å². The van der Waals surface area contributed by atoms with Crippen molar-refractivity contribution in [1.82, 2.24) is 4.31 Å². The maximum absolute atomic E-state index is 13.2. The minimum absolute atomic E-state index is 0.0375. The van der Waals surface area contributed by atoms with Crippen molar-refractivity contribution in [3.8, 4) is 17.6 Å². The average molecular weight is 390 g/mol. The maximum Gasteiger partial charge on any atom is 0.245 e. The molecule has 0 radical (unpaired) electrons. The Balaban J connectivity index is 2.02. The highest BCUT2D eigenvalue weighted by Crippen LogP contribution is 2.43. The smallest absolute Gasteiger partial charge is 0.245 e. The molecule has 0 spiro atoms. The lowest BCUT2D eigenvalue weighted by atomic mass is 10.2. The topological polar surface area (TPSA) is 79.6 Å². The van der Waals surface area contributed by atoms with Gasteiger partial charge < -0.3 is 9.47 Å². The van der Waals surface area contributed by atoms with Gasteiger partial charge in [0, 0.05) is 12.3 Å². The molecule has 0 aliphatic carbocycles. The zero-order valence-electron chi connectivity index (χ0n) is 14.4. The van der Waals surface area contributed by atoms with Crippen LogP contribution in [0.4, 0.5) is 0 Å². The molecule has 3 rings (SSSR count). The third-order valence-corrected chi connectivity index (χ3v) is 7.45. The quantitative estimate of drug-likeness (QED) is 0.781. The Morgan fingerprint density at radius 2 is 1.88 bits per heavy atom. The summed E-state index contributed by atoms with van der Waals surface area (Å²) in [5.41, 5.74) is 0.957. The zero-order chi connectivity index (χ0) is 18.7. The third-order valence-electron chi connectivity index (χ3n) is 4.14. The molecule has 1 aliphatic heterocycles. The van der Waals surface area contributed by atoms with Crippen LogP contribution in [0.2, 0.25) is 0 Å². The lowest BCUT2D eigenvalue weighted by Gasteiger charge is -2.24. The van der Waals surface area contributed by atoms with Crippen LogP contribution in [-0.4, -0.2) is 39.2 Å². The molecule has 136 valence electrons. The van der Waals surface area contributed by atoms with Crippen molar-refractivity contribution < 1.29 is 17.9 Å². The second kappa shape index (κ2) is 7.58. The molecule has 2 aromatic rings. The monoisotopic (exact) mass is 390 g/mol. The van der Waals surface area contributed by atoms with Gasteiger partial charge in [-0.05, 0) is 29.8 Å². The van der Waals surface area contributed by atoms with Crippen LogP contribution < -0.4 is 9.47 Å². The molecule has 8 heteroatoms. The summed E-state index contributed by atoms with van der Waals surface area (Å²) in [6, 6.07) is 13.6. The lowest BCUT2D eigenvalue weighted by molar-refractivity contribution is 0.353. The number of nitrogens with zero attached hydrogens (tertiary/aromatic N) is 2. The van der Waals surface area contributed by atoms with E-state index in [1.165, 1.54) is 28.2 Å². The van der Waals surface area contributed by atoms with Crippen LogP contribution in [0.15, 0.2) is 47.4 Å². The summed E-state index contributed by atoms with van der Waals surface area (Å²) in [5, 5.41) is 8.88. The standard InChI is InChI=1S/C18H18N2O4S2/c1-23-15-8-7-13(11-16(15)24-2)18-20(9-10-25-18)26(21,22)17-6-4-3-5-14(17)12-19/h3-8,11,18H,9-10H2,1-2H3. The van der Waals surface area contributed by atoms with E-state index in [0.717, 1.165) is 5.56 Å². The molecule has 1 heterocycles. The molecule has 0 N–H and O–H groups in total. The van der Waals surface area contributed by atoms with E-state index in [2.05, 4.69) is 0 Å². The largest absolute Gasteiger partial charge is 0.493 e. The second-order valence-electron chi connectivity index (χ2n) is 5.56. The number of hydrogen-bond acceptors (Lipinski definition) is 6. The van der Waals surface area contributed by atoms with E-state index >= 15 is 0 Å². The highest BCUT2D eigenvalue weighted by Gasteiger charge is 2.38. The fraction of sp³-hybridized carbons (Fsp3) is 0.278. The average Bonchev–Trinajstić information content (AvgIpc) is 3.18. The molecular weight excluding hydrogens is 372 g/mol. The molecule has 1 fully saturated rings. The Morgan fingerprint density at radius 3 is 2.58 bits per heavy atom. The first-order valence-electron chi connectivity index (χ1n) is 7.87. The van der Waals surface area contributed by atoms with Crippen molar-refractivity contribution in [2.75, 3.05) is 26.5 Å². The van der Waals surface area contributed by atoms with Gasteiger partial charge in [-0.3, -0.25) is 0 Å². The van der Waals surface area contributed by atoms with Crippen LogP contribution in [0.5, 0.6) is 11.5 Å². The van der Waals surface area contributed by atoms with Crippen molar-refractivity contribution in [3.63, 3.8) is 0 Å².